The zero-order valence-electron chi connectivity index (χ0n) is 11.9. The highest BCUT2D eigenvalue weighted by atomic mass is 79.9. The van der Waals surface area contributed by atoms with Crippen molar-refractivity contribution in [3.63, 3.8) is 0 Å². The maximum Gasteiger partial charge on any atom is 0.673 e. The quantitative estimate of drug-likeness (QED) is 0.316. The second-order valence-electron chi connectivity index (χ2n) is 4.34. The molecule has 0 fully saturated rings. The molecular formula is C13H8BBrF6N2O. The fourth-order valence-corrected chi connectivity index (χ4v) is 1.92. The fourth-order valence-electron chi connectivity index (χ4n) is 1.51. The van der Waals surface area contributed by atoms with E-state index in [-0.39, 0.29) is 5.75 Å². The van der Waals surface area contributed by atoms with Crippen molar-refractivity contribution in [2.45, 2.75) is 6.92 Å². The minimum atomic E-state index is -6.00. The van der Waals surface area contributed by atoms with Crippen molar-refractivity contribution in [2.24, 2.45) is 0 Å². The average molecular weight is 413 g/mol. The molecule has 0 atom stereocenters. The minimum Gasteiger partial charge on any atom is -0.453 e. The van der Waals surface area contributed by atoms with Crippen LogP contribution in [0.25, 0.3) is 4.98 Å². The Bertz CT molecular complexity index is 772. The molecule has 0 unspecified atom stereocenters. The largest absolute Gasteiger partial charge is 0.673 e. The van der Waals surface area contributed by atoms with E-state index in [9.17, 15) is 26.0 Å². The van der Waals surface area contributed by atoms with Crippen LogP contribution >= 0.6 is 15.9 Å². The van der Waals surface area contributed by atoms with E-state index in [0.717, 1.165) is 12.1 Å². The average Bonchev–Trinajstić information content (AvgIpc) is 2.43. The summed E-state index contributed by atoms with van der Waals surface area (Å²) in [5.74, 6) is -1.21. The topological polar surface area (TPSA) is 37.4 Å². The lowest BCUT2D eigenvalue weighted by molar-refractivity contribution is 0.368. The van der Waals surface area contributed by atoms with Gasteiger partial charge in [0.1, 0.15) is 11.6 Å². The van der Waals surface area contributed by atoms with Gasteiger partial charge in [-0.25, -0.2) is 8.78 Å². The molecule has 2 rings (SSSR count). The van der Waals surface area contributed by atoms with Gasteiger partial charge < -0.3 is 22.0 Å². The van der Waals surface area contributed by atoms with E-state index < -0.39 is 18.9 Å². The fraction of sp³-hybridized carbons (Fsp3) is 0.0769. The number of hydrogen-bond donors (Lipinski definition) is 0. The Balaban J connectivity index is 0.000000505. The number of halogens is 7. The monoisotopic (exact) mass is 412 g/mol. The number of diazo groups is 1. The van der Waals surface area contributed by atoms with Crippen molar-refractivity contribution in [2.75, 3.05) is 0 Å². The summed E-state index contributed by atoms with van der Waals surface area (Å²) in [6.45, 7) is 1.72. The molecule has 2 aromatic carbocycles. The van der Waals surface area contributed by atoms with Gasteiger partial charge in [0.25, 0.3) is 0 Å². The molecule has 0 aromatic heterocycles. The third-order valence-corrected chi connectivity index (χ3v) is 3.09. The molecule has 0 aliphatic heterocycles. The van der Waals surface area contributed by atoms with Gasteiger partial charge in [0.2, 0.25) is 5.39 Å². The van der Waals surface area contributed by atoms with Gasteiger partial charge in [0.15, 0.2) is 16.5 Å². The van der Waals surface area contributed by atoms with Crippen LogP contribution in [0.3, 0.4) is 0 Å². The highest BCUT2D eigenvalue weighted by Gasteiger charge is 2.20. The lowest BCUT2D eigenvalue weighted by atomic mass is 10.2. The molecule has 0 radical (unpaired) electrons. The first-order valence-electron chi connectivity index (χ1n) is 6.16. The molecule has 24 heavy (non-hydrogen) atoms. The Morgan fingerprint density at radius 1 is 1.04 bits per heavy atom. The summed E-state index contributed by atoms with van der Waals surface area (Å²) >= 11 is 3.23. The van der Waals surface area contributed by atoms with Gasteiger partial charge in [-0.05, 0) is 41.1 Å². The van der Waals surface area contributed by atoms with Crippen molar-refractivity contribution >= 4 is 28.9 Å². The number of aryl methyl sites for hydroxylation is 1. The van der Waals surface area contributed by atoms with Gasteiger partial charge >= 0.3 is 12.9 Å². The van der Waals surface area contributed by atoms with Crippen LogP contribution in [-0.2, 0) is 0 Å². The summed E-state index contributed by atoms with van der Waals surface area (Å²) in [5, 5.41) is 8.76. The molecule has 0 heterocycles. The molecule has 2 aromatic rings. The highest BCUT2D eigenvalue weighted by molar-refractivity contribution is 9.10. The second kappa shape index (κ2) is 8.05. The Hall–Kier alpha value is -2.22. The molecular weight excluding hydrogens is 405 g/mol. The Labute approximate surface area is 141 Å². The summed E-state index contributed by atoms with van der Waals surface area (Å²) in [5.41, 5.74) is 1.03. The van der Waals surface area contributed by atoms with Crippen molar-refractivity contribution in [3.8, 4) is 11.5 Å². The Morgan fingerprint density at radius 3 is 2.12 bits per heavy atom. The molecule has 11 heteroatoms. The number of nitrogens with zero attached hydrogens (tertiary/aromatic N) is 2. The molecule has 0 aliphatic rings. The van der Waals surface area contributed by atoms with Crippen molar-refractivity contribution in [3.05, 3.63) is 57.0 Å². The summed E-state index contributed by atoms with van der Waals surface area (Å²) < 4.78 is 71.1. The molecule has 128 valence electrons. The predicted molar refractivity (Wildman–Crippen MR) is 80.2 cm³/mol. The van der Waals surface area contributed by atoms with Gasteiger partial charge in [-0.15, -0.1) is 0 Å². The Morgan fingerprint density at radius 2 is 1.62 bits per heavy atom. The van der Waals surface area contributed by atoms with Crippen LogP contribution in [0.2, 0.25) is 0 Å². The van der Waals surface area contributed by atoms with Gasteiger partial charge in [-0.1, -0.05) is 0 Å². The summed E-state index contributed by atoms with van der Waals surface area (Å²) in [6, 6.07) is 6.18. The van der Waals surface area contributed by atoms with E-state index in [1.165, 1.54) is 12.1 Å². The molecule has 3 nitrogen and oxygen atoms in total. The smallest absolute Gasteiger partial charge is 0.453 e. The van der Waals surface area contributed by atoms with Crippen LogP contribution in [0.4, 0.5) is 31.7 Å². The van der Waals surface area contributed by atoms with E-state index in [4.69, 9.17) is 10.1 Å². The van der Waals surface area contributed by atoms with Crippen LogP contribution in [0.15, 0.2) is 34.8 Å². The minimum absolute atomic E-state index is 0.0878. The third kappa shape index (κ3) is 6.50. The molecule has 0 saturated carbocycles. The summed E-state index contributed by atoms with van der Waals surface area (Å²) in [6.07, 6.45) is 0. The van der Waals surface area contributed by atoms with Crippen LogP contribution in [-0.4, -0.2) is 7.25 Å². The van der Waals surface area contributed by atoms with Crippen molar-refractivity contribution in [1.29, 1.82) is 5.39 Å². The van der Waals surface area contributed by atoms with Gasteiger partial charge in [-0.3, -0.25) is 0 Å². The second-order valence-corrected chi connectivity index (χ2v) is 5.20. The van der Waals surface area contributed by atoms with Crippen LogP contribution < -0.4 is 4.74 Å². The van der Waals surface area contributed by atoms with Crippen molar-refractivity contribution in [1.82, 2.24) is 0 Å². The normalized spacial score (nSPS) is 10.5. The van der Waals surface area contributed by atoms with E-state index in [2.05, 4.69) is 20.9 Å². The zero-order valence-corrected chi connectivity index (χ0v) is 13.5. The Kier molecular flexibility index (Phi) is 6.65. The molecule has 0 bridgehead atoms. The lowest BCUT2D eigenvalue weighted by Gasteiger charge is -2.08. The highest BCUT2D eigenvalue weighted by Crippen LogP contribution is 2.36. The number of ether oxygens (including phenoxy) is 1. The molecule has 0 saturated heterocycles. The first-order valence-corrected chi connectivity index (χ1v) is 6.96. The SMILES string of the molecule is Cc1cc(Oc2ccc(F)cc2F)c(Br)cc1[N+]#N.F[B-](F)(F)F. The number of benzene rings is 2. The maximum absolute atomic E-state index is 13.5. The molecule has 0 spiro atoms. The van der Waals surface area contributed by atoms with E-state index in [1.807, 2.05) is 0 Å². The number of rotatable bonds is 2. The third-order valence-electron chi connectivity index (χ3n) is 2.47. The first kappa shape index (κ1) is 19.8. The van der Waals surface area contributed by atoms with Crippen LogP contribution in [0, 0.1) is 24.0 Å². The maximum atomic E-state index is 13.5. The van der Waals surface area contributed by atoms with E-state index in [0.29, 0.717) is 21.5 Å². The standard InChI is InChI=1S/C13H8BrF2N2O.BF4/c1-7-4-13(9(14)6-11(7)18-17)19-12-3-2-8(15)5-10(12)16;2-1(3,4)5/h2-6H,1H3;/q+1;-1. The van der Waals surface area contributed by atoms with Crippen LogP contribution in [0.1, 0.15) is 5.56 Å². The van der Waals surface area contributed by atoms with E-state index in [1.54, 1.807) is 13.0 Å². The zero-order chi connectivity index (χ0) is 18.5. The molecule has 0 aliphatic carbocycles. The van der Waals surface area contributed by atoms with Gasteiger partial charge in [0, 0.05) is 11.6 Å². The molecule has 0 amide bonds. The number of hydrogen-bond acceptors (Lipinski definition) is 2. The summed E-state index contributed by atoms with van der Waals surface area (Å²) in [7, 11) is -6.00. The predicted octanol–water partition coefficient (Wildman–Crippen LogP) is 6.61. The van der Waals surface area contributed by atoms with E-state index >= 15 is 0 Å². The van der Waals surface area contributed by atoms with Gasteiger partial charge in [0.05, 0.1) is 10.5 Å². The molecule has 0 N–H and O–H groups in total. The van der Waals surface area contributed by atoms with Gasteiger partial charge in [-0.2, -0.15) is 0 Å². The van der Waals surface area contributed by atoms with Crippen molar-refractivity contribution < 1.29 is 30.8 Å². The lowest BCUT2D eigenvalue weighted by Crippen LogP contribution is -2.02. The summed E-state index contributed by atoms with van der Waals surface area (Å²) in [4.78, 5) is 3.10. The van der Waals surface area contributed by atoms with Crippen LogP contribution in [0.5, 0.6) is 11.5 Å². The first-order chi connectivity index (χ1) is 11.0.